The quantitative estimate of drug-likeness (QED) is 0.838. The summed E-state index contributed by atoms with van der Waals surface area (Å²) in [5.74, 6) is 5.67. The largest absolute Gasteiger partial charge is 0.320 e. The number of benzene rings is 1. The number of nitrogens with one attached hydrogen (secondary N) is 1. The first-order chi connectivity index (χ1) is 10.0. The summed E-state index contributed by atoms with van der Waals surface area (Å²) in [6.45, 7) is 0.524. The van der Waals surface area contributed by atoms with Crippen molar-refractivity contribution in [2.24, 2.45) is 5.73 Å². The SMILES string of the molecule is NCC#Cc1ccc(CNS(=O)(=O)c2ccc(Cl)cc2)s1. The standard InChI is InChI=1S/C14H13ClN2O2S2/c15-11-3-7-14(8-4-11)21(18,19)17-10-13-6-5-12(20-13)2-1-9-16/h3-8,17H,9-10,16H2. The molecule has 4 nitrogen and oxygen atoms in total. The van der Waals surface area contributed by atoms with E-state index in [9.17, 15) is 8.42 Å². The van der Waals surface area contributed by atoms with Gasteiger partial charge in [0.1, 0.15) is 0 Å². The van der Waals surface area contributed by atoms with Crippen LogP contribution < -0.4 is 10.5 Å². The Morgan fingerprint density at radius 3 is 2.57 bits per heavy atom. The molecule has 2 aromatic rings. The topological polar surface area (TPSA) is 72.2 Å². The van der Waals surface area contributed by atoms with E-state index in [2.05, 4.69) is 16.6 Å². The average molecular weight is 341 g/mol. The lowest BCUT2D eigenvalue weighted by molar-refractivity contribution is 0.582. The van der Waals surface area contributed by atoms with Crippen molar-refractivity contribution >= 4 is 33.0 Å². The number of hydrogen-bond donors (Lipinski definition) is 2. The molecule has 0 bridgehead atoms. The zero-order valence-electron chi connectivity index (χ0n) is 11.0. The molecule has 0 saturated heterocycles. The van der Waals surface area contributed by atoms with E-state index in [0.29, 0.717) is 11.6 Å². The van der Waals surface area contributed by atoms with Crippen LogP contribution in [0.25, 0.3) is 0 Å². The molecule has 0 fully saturated rings. The molecule has 7 heteroatoms. The van der Waals surface area contributed by atoms with Gasteiger partial charge in [0.05, 0.1) is 16.3 Å². The Labute approximate surface area is 133 Å². The number of halogens is 1. The number of nitrogens with two attached hydrogens (primary N) is 1. The number of thiophene rings is 1. The van der Waals surface area contributed by atoms with Crippen LogP contribution in [0.3, 0.4) is 0 Å². The second-order valence-electron chi connectivity index (χ2n) is 4.05. The van der Waals surface area contributed by atoms with Crippen LogP contribution in [-0.2, 0) is 16.6 Å². The van der Waals surface area contributed by atoms with E-state index in [1.807, 2.05) is 12.1 Å². The van der Waals surface area contributed by atoms with Crippen LogP contribution in [0.4, 0.5) is 0 Å². The van der Waals surface area contributed by atoms with Gasteiger partial charge in [-0.05, 0) is 36.4 Å². The molecule has 1 aromatic carbocycles. The fourth-order valence-electron chi connectivity index (χ4n) is 1.54. The summed E-state index contributed by atoms with van der Waals surface area (Å²) < 4.78 is 26.8. The lowest BCUT2D eigenvalue weighted by Crippen LogP contribution is -2.22. The van der Waals surface area contributed by atoms with Crippen LogP contribution in [0.1, 0.15) is 9.75 Å². The Morgan fingerprint density at radius 2 is 1.90 bits per heavy atom. The van der Waals surface area contributed by atoms with Crippen molar-refractivity contribution in [1.82, 2.24) is 4.72 Å². The third-order valence-corrected chi connectivity index (χ3v) is 5.21. The molecule has 110 valence electrons. The van der Waals surface area contributed by atoms with Gasteiger partial charge >= 0.3 is 0 Å². The molecular formula is C14H13ClN2O2S2. The molecule has 3 N–H and O–H groups in total. The highest BCUT2D eigenvalue weighted by atomic mass is 35.5. The lowest BCUT2D eigenvalue weighted by Gasteiger charge is -2.05. The van der Waals surface area contributed by atoms with Crippen LogP contribution in [-0.4, -0.2) is 15.0 Å². The van der Waals surface area contributed by atoms with E-state index < -0.39 is 10.0 Å². The van der Waals surface area contributed by atoms with Crippen molar-refractivity contribution in [1.29, 1.82) is 0 Å². The summed E-state index contributed by atoms with van der Waals surface area (Å²) in [5.41, 5.74) is 5.30. The van der Waals surface area contributed by atoms with Crippen LogP contribution in [0.5, 0.6) is 0 Å². The minimum atomic E-state index is -3.54. The average Bonchev–Trinajstić information content (AvgIpc) is 2.91. The second kappa shape index (κ2) is 7.07. The molecule has 0 radical (unpaired) electrons. The molecule has 1 aromatic heterocycles. The van der Waals surface area contributed by atoms with Crippen LogP contribution in [0.15, 0.2) is 41.3 Å². The maximum absolute atomic E-state index is 12.1. The van der Waals surface area contributed by atoms with Crippen molar-refractivity contribution in [2.45, 2.75) is 11.4 Å². The van der Waals surface area contributed by atoms with E-state index in [1.54, 1.807) is 12.1 Å². The second-order valence-corrected chi connectivity index (χ2v) is 7.42. The minimum absolute atomic E-state index is 0.187. The van der Waals surface area contributed by atoms with E-state index >= 15 is 0 Å². The third-order valence-electron chi connectivity index (χ3n) is 2.54. The molecule has 0 atom stereocenters. The summed E-state index contributed by atoms with van der Waals surface area (Å²) in [5, 5.41) is 0.496. The van der Waals surface area contributed by atoms with Crippen molar-refractivity contribution < 1.29 is 8.42 Å². The summed E-state index contributed by atoms with van der Waals surface area (Å²) in [6.07, 6.45) is 0. The zero-order chi connectivity index (χ0) is 15.3. The van der Waals surface area contributed by atoms with E-state index in [0.717, 1.165) is 9.75 Å². The molecule has 0 spiro atoms. The Morgan fingerprint density at radius 1 is 1.19 bits per heavy atom. The van der Waals surface area contributed by atoms with E-state index in [4.69, 9.17) is 17.3 Å². The monoisotopic (exact) mass is 340 g/mol. The van der Waals surface area contributed by atoms with Crippen molar-refractivity contribution in [2.75, 3.05) is 6.54 Å². The van der Waals surface area contributed by atoms with Crippen molar-refractivity contribution in [3.63, 3.8) is 0 Å². The highest BCUT2D eigenvalue weighted by molar-refractivity contribution is 7.89. The normalized spacial score (nSPS) is 11.0. The van der Waals surface area contributed by atoms with Crippen LogP contribution >= 0.6 is 22.9 Å². The molecule has 0 unspecified atom stereocenters. The Balaban J connectivity index is 2.05. The number of sulfonamides is 1. The minimum Gasteiger partial charge on any atom is -0.320 e. The van der Waals surface area contributed by atoms with Crippen molar-refractivity contribution in [3.05, 3.63) is 51.2 Å². The summed E-state index contributed by atoms with van der Waals surface area (Å²) in [4.78, 5) is 1.93. The molecule has 0 aliphatic heterocycles. The molecule has 0 saturated carbocycles. The van der Waals surface area contributed by atoms with Gasteiger partial charge in [0, 0.05) is 16.4 Å². The fraction of sp³-hybridized carbons (Fsp3) is 0.143. The van der Waals surface area contributed by atoms with Crippen LogP contribution in [0, 0.1) is 11.8 Å². The highest BCUT2D eigenvalue weighted by Gasteiger charge is 2.13. The maximum atomic E-state index is 12.1. The Hall–Kier alpha value is -1.36. The Bertz CT molecular complexity index is 771. The summed E-state index contributed by atoms with van der Waals surface area (Å²) in [7, 11) is -3.54. The molecule has 21 heavy (non-hydrogen) atoms. The third kappa shape index (κ3) is 4.56. The van der Waals surface area contributed by atoms with Gasteiger partial charge in [0.25, 0.3) is 0 Å². The fourth-order valence-corrected chi connectivity index (χ4v) is 3.59. The summed E-state index contributed by atoms with van der Waals surface area (Å²) in [6, 6.07) is 9.72. The van der Waals surface area contributed by atoms with E-state index in [-0.39, 0.29) is 11.4 Å². The summed E-state index contributed by atoms with van der Waals surface area (Å²) >= 11 is 7.18. The van der Waals surface area contributed by atoms with Gasteiger partial charge in [-0.3, -0.25) is 0 Å². The van der Waals surface area contributed by atoms with Crippen molar-refractivity contribution in [3.8, 4) is 11.8 Å². The van der Waals surface area contributed by atoms with Gasteiger partial charge in [-0.15, -0.1) is 11.3 Å². The first-order valence-corrected chi connectivity index (χ1v) is 8.72. The Kier molecular flexibility index (Phi) is 5.39. The molecule has 0 amide bonds. The predicted octanol–water partition coefficient (Wildman–Crippen LogP) is 2.19. The molecule has 0 aliphatic carbocycles. The maximum Gasteiger partial charge on any atom is 0.240 e. The van der Waals surface area contributed by atoms with Gasteiger partial charge in [-0.2, -0.15) is 0 Å². The van der Waals surface area contributed by atoms with Crippen LogP contribution in [0.2, 0.25) is 5.02 Å². The molecule has 1 heterocycles. The first-order valence-electron chi connectivity index (χ1n) is 6.04. The highest BCUT2D eigenvalue weighted by Crippen LogP contribution is 2.17. The lowest BCUT2D eigenvalue weighted by atomic mass is 10.4. The van der Waals surface area contributed by atoms with Gasteiger partial charge in [0.15, 0.2) is 0 Å². The van der Waals surface area contributed by atoms with Gasteiger partial charge < -0.3 is 5.73 Å². The van der Waals surface area contributed by atoms with Gasteiger partial charge in [-0.25, -0.2) is 13.1 Å². The smallest absolute Gasteiger partial charge is 0.240 e. The molecule has 0 aliphatic rings. The zero-order valence-corrected chi connectivity index (χ0v) is 13.4. The van der Waals surface area contributed by atoms with E-state index in [1.165, 1.54) is 23.5 Å². The molecular weight excluding hydrogens is 328 g/mol. The van der Waals surface area contributed by atoms with Gasteiger partial charge in [0.2, 0.25) is 10.0 Å². The number of rotatable bonds is 4. The van der Waals surface area contributed by atoms with Gasteiger partial charge in [-0.1, -0.05) is 23.4 Å². The molecule has 2 rings (SSSR count). The first kappa shape index (κ1) is 16.0. The predicted molar refractivity (Wildman–Crippen MR) is 85.7 cm³/mol. The number of hydrogen-bond acceptors (Lipinski definition) is 4.